The number of rotatable bonds is 7. The quantitative estimate of drug-likeness (QED) is 0.194. The van der Waals surface area contributed by atoms with Crippen LogP contribution in [0.15, 0.2) is 30.3 Å². The highest BCUT2D eigenvalue weighted by atomic mass is 19.4. The van der Waals surface area contributed by atoms with Crippen molar-refractivity contribution in [1.29, 1.82) is 0 Å². The van der Waals surface area contributed by atoms with Crippen LogP contribution in [0.1, 0.15) is 74.4 Å². The van der Waals surface area contributed by atoms with Crippen LogP contribution < -0.4 is 21.1 Å². The Balaban J connectivity index is 0.000000468. The zero-order chi connectivity index (χ0) is 33.7. The second-order valence-electron chi connectivity index (χ2n) is 11.5. The number of imidazole rings is 1. The molecule has 3 aromatic rings. The number of nitrogens with zero attached hydrogens (tertiary/aromatic N) is 1. The van der Waals surface area contributed by atoms with Crippen molar-refractivity contribution in [2.75, 3.05) is 5.32 Å². The summed E-state index contributed by atoms with van der Waals surface area (Å²) in [5.74, 6) is -3.01. The van der Waals surface area contributed by atoms with Crippen molar-refractivity contribution in [2.45, 2.75) is 78.4 Å². The highest BCUT2D eigenvalue weighted by molar-refractivity contribution is 5.99. The number of primary amides is 1. The second kappa shape index (κ2) is 13.9. The molecular formula is C29H33F8N5O3. The van der Waals surface area contributed by atoms with Crippen LogP contribution in [0.4, 0.5) is 46.8 Å². The lowest BCUT2D eigenvalue weighted by Gasteiger charge is -2.23. The predicted octanol–water partition coefficient (Wildman–Crippen LogP) is 7.82. The highest BCUT2D eigenvalue weighted by Gasteiger charge is 2.39. The molecule has 5 N–H and O–H groups in total. The predicted molar refractivity (Wildman–Crippen MR) is 150 cm³/mol. The first-order valence-corrected chi connectivity index (χ1v) is 13.9. The van der Waals surface area contributed by atoms with Crippen molar-refractivity contribution < 1.29 is 49.4 Å². The first-order chi connectivity index (χ1) is 20.8. The largest absolute Gasteiger partial charge is 0.434 e. The molecular weight excluding hydrogens is 618 g/mol. The lowest BCUT2D eigenvalue weighted by atomic mass is 9.89. The number of benzene rings is 2. The average Bonchev–Trinajstić information content (AvgIpc) is 3.31. The third-order valence-electron chi connectivity index (χ3n) is 6.91. The number of amides is 2. The summed E-state index contributed by atoms with van der Waals surface area (Å²) in [5, 5.41) is 5.19. The van der Waals surface area contributed by atoms with E-state index in [1.54, 1.807) is 20.8 Å². The Morgan fingerprint density at radius 3 is 2.18 bits per heavy atom. The third-order valence-corrected chi connectivity index (χ3v) is 6.91. The monoisotopic (exact) mass is 651 g/mol. The van der Waals surface area contributed by atoms with Crippen molar-refractivity contribution >= 4 is 34.5 Å². The van der Waals surface area contributed by atoms with Gasteiger partial charge in [-0.1, -0.05) is 46.1 Å². The maximum absolute atomic E-state index is 13.6. The molecule has 16 heteroatoms. The number of aromatic amines is 1. The molecule has 0 spiro atoms. The summed E-state index contributed by atoms with van der Waals surface area (Å²) in [5.41, 5.74) is 3.37. The number of nitrogens with two attached hydrogens (primary N) is 1. The minimum Gasteiger partial charge on any atom is -0.434 e. The zero-order valence-corrected chi connectivity index (χ0v) is 24.6. The maximum atomic E-state index is 13.6. The van der Waals surface area contributed by atoms with Crippen LogP contribution in [-0.4, -0.2) is 34.6 Å². The van der Waals surface area contributed by atoms with E-state index in [1.165, 1.54) is 12.1 Å². The molecule has 1 aromatic heterocycles. The van der Waals surface area contributed by atoms with E-state index in [2.05, 4.69) is 25.3 Å². The summed E-state index contributed by atoms with van der Waals surface area (Å²) in [6.07, 6.45) is -5.45. The van der Waals surface area contributed by atoms with E-state index in [0.29, 0.717) is 18.4 Å². The Hall–Kier alpha value is -4.11. The Morgan fingerprint density at radius 1 is 1.02 bits per heavy atom. The van der Waals surface area contributed by atoms with E-state index in [-0.39, 0.29) is 40.7 Å². The Bertz CT molecular complexity index is 1490. The number of fused-ring (bicyclic) bond motifs is 1. The van der Waals surface area contributed by atoms with Gasteiger partial charge in [0.25, 0.3) is 5.91 Å². The van der Waals surface area contributed by atoms with Gasteiger partial charge in [-0.05, 0) is 36.6 Å². The van der Waals surface area contributed by atoms with Crippen LogP contribution in [0.2, 0.25) is 0 Å². The summed E-state index contributed by atoms with van der Waals surface area (Å²) < 4.78 is 106. The molecule has 0 atom stereocenters. The van der Waals surface area contributed by atoms with E-state index < -0.39 is 47.5 Å². The van der Waals surface area contributed by atoms with Crippen molar-refractivity contribution in [2.24, 2.45) is 17.1 Å². The van der Waals surface area contributed by atoms with E-state index in [4.69, 9.17) is 5.73 Å². The molecule has 0 bridgehead atoms. The van der Waals surface area contributed by atoms with E-state index in [1.807, 2.05) is 0 Å². The number of halogens is 8. The minimum atomic E-state index is -4.71. The smallest absolute Gasteiger partial charge is 0.418 e. The fraction of sp³-hybridized carbons (Fsp3) is 0.483. The van der Waals surface area contributed by atoms with Crippen LogP contribution in [0.3, 0.4) is 0 Å². The number of aromatic nitrogens is 2. The molecule has 1 aliphatic carbocycles. The Labute approximate surface area is 253 Å². The number of alkyl halides is 8. The molecule has 45 heavy (non-hydrogen) atoms. The molecule has 248 valence electrons. The van der Waals surface area contributed by atoms with Gasteiger partial charge in [-0.3, -0.25) is 9.59 Å². The molecule has 4 rings (SSSR count). The van der Waals surface area contributed by atoms with Crippen molar-refractivity contribution in [3.63, 3.8) is 0 Å². The van der Waals surface area contributed by atoms with Gasteiger partial charge in [0.15, 0.2) is 0 Å². The molecule has 8 nitrogen and oxygen atoms in total. The lowest BCUT2D eigenvalue weighted by Crippen LogP contribution is -2.34. The van der Waals surface area contributed by atoms with Gasteiger partial charge in [-0.25, -0.2) is 4.98 Å². The first kappa shape index (κ1) is 35.4. The molecule has 1 aliphatic rings. The minimum absolute atomic E-state index is 0.0145. The first-order valence-electron chi connectivity index (χ1n) is 13.9. The number of ether oxygens (including phenoxy) is 1. The standard InChI is InChI=1S/C22H22F5N5O3.C7H11F3/c1-21(2,3)18(34)29-9-10-4-5-12(22(25,26)27)13(6-10)30-20-31-14-7-11(17(28)33)16(35-19(23)24)8-15(14)32-20;8-7(9,10)6-4-2-1-3-5-6/h4-8,19H,9H2,1-3H3,(H2,28,33)(H,29,34)(H2,30,31,32);6H,1-5H2. The molecule has 2 aromatic carbocycles. The summed E-state index contributed by atoms with van der Waals surface area (Å²) in [6, 6.07) is 5.44. The fourth-order valence-corrected chi connectivity index (χ4v) is 4.54. The highest BCUT2D eigenvalue weighted by Crippen LogP contribution is 2.38. The number of nitrogens with one attached hydrogen (secondary N) is 3. The Kier molecular flexibility index (Phi) is 10.9. The summed E-state index contributed by atoms with van der Waals surface area (Å²) >= 11 is 0. The maximum Gasteiger partial charge on any atom is 0.418 e. The number of H-pyrrole nitrogens is 1. The SMILES string of the molecule is CC(C)(C)C(=O)NCc1ccc(C(F)(F)F)c(Nc2nc3cc(OC(F)F)c(C(N)=O)cc3[nH]2)c1.FC(F)(F)C1CCCCC1. The van der Waals surface area contributed by atoms with Gasteiger partial charge in [-0.15, -0.1) is 0 Å². The Morgan fingerprint density at radius 2 is 1.67 bits per heavy atom. The molecule has 0 unspecified atom stereocenters. The van der Waals surface area contributed by atoms with Crippen LogP contribution in [0, 0.1) is 11.3 Å². The molecule has 0 radical (unpaired) electrons. The van der Waals surface area contributed by atoms with Crippen LogP contribution in [0.5, 0.6) is 5.75 Å². The summed E-state index contributed by atoms with van der Waals surface area (Å²) in [4.78, 5) is 30.4. The van der Waals surface area contributed by atoms with E-state index in [9.17, 15) is 44.7 Å². The lowest BCUT2D eigenvalue weighted by molar-refractivity contribution is -0.181. The second-order valence-corrected chi connectivity index (χ2v) is 11.5. The number of carbonyl (C=O) groups is 2. The van der Waals surface area contributed by atoms with Crippen LogP contribution >= 0.6 is 0 Å². The van der Waals surface area contributed by atoms with Gasteiger partial charge in [0.05, 0.1) is 33.8 Å². The molecule has 1 heterocycles. The third kappa shape index (κ3) is 9.94. The number of hydrogen-bond acceptors (Lipinski definition) is 5. The normalized spacial score (nSPS) is 14.6. The summed E-state index contributed by atoms with van der Waals surface area (Å²) in [6.45, 7) is 1.85. The van der Waals surface area contributed by atoms with Gasteiger partial charge < -0.3 is 26.1 Å². The molecule has 0 saturated heterocycles. The van der Waals surface area contributed by atoms with E-state index >= 15 is 0 Å². The van der Waals surface area contributed by atoms with Gasteiger partial charge in [-0.2, -0.15) is 35.1 Å². The fourth-order valence-electron chi connectivity index (χ4n) is 4.54. The molecule has 1 fully saturated rings. The van der Waals surface area contributed by atoms with Crippen LogP contribution in [-0.2, 0) is 17.5 Å². The van der Waals surface area contributed by atoms with Gasteiger partial charge in [0.2, 0.25) is 11.9 Å². The van der Waals surface area contributed by atoms with Gasteiger partial charge >= 0.3 is 19.0 Å². The van der Waals surface area contributed by atoms with E-state index in [0.717, 1.165) is 37.5 Å². The number of anilines is 2. The number of hydrogen-bond donors (Lipinski definition) is 4. The molecule has 1 saturated carbocycles. The average molecular weight is 652 g/mol. The van der Waals surface area contributed by atoms with Crippen molar-refractivity contribution in [1.82, 2.24) is 15.3 Å². The molecule has 0 aliphatic heterocycles. The van der Waals surface area contributed by atoms with Crippen molar-refractivity contribution in [3.8, 4) is 5.75 Å². The number of carbonyl (C=O) groups excluding carboxylic acids is 2. The zero-order valence-electron chi connectivity index (χ0n) is 24.6. The molecule has 2 amide bonds. The van der Waals surface area contributed by atoms with Gasteiger partial charge in [0.1, 0.15) is 5.75 Å². The van der Waals surface area contributed by atoms with Crippen LogP contribution in [0.25, 0.3) is 11.0 Å². The summed E-state index contributed by atoms with van der Waals surface area (Å²) in [7, 11) is 0. The van der Waals surface area contributed by atoms with Gasteiger partial charge in [0, 0.05) is 18.0 Å². The van der Waals surface area contributed by atoms with Crippen molar-refractivity contribution in [3.05, 3.63) is 47.0 Å². The topological polar surface area (TPSA) is 122 Å².